The third-order valence-electron chi connectivity index (χ3n) is 3.48. The van der Waals surface area contributed by atoms with E-state index < -0.39 is 10.9 Å². The average molecular weight is 264 g/mol. The van der Waals surface area contributed by atoms with Gasteiger partial charge in [0.1, 0.15) is 5.56 Å². The minimum atomic E-state index is -1.29. The average Bonchev–Trinajstić information content (AvgIpc) is 3.19. The Morgan fingerprint density at radius 3 is 2.79 bits per heavy atom. The van der Waals surface area contributed by atoms with E-state index in [1.807, 2.05) is 0 Å². The van der Waals surface area contributed by atoms with Gasteiger partial charge in [-0.15, -0.1) is 0 Å². The Labute approximate surface area is 110 Å². The summed E-state index contributed by atoms with van der Waals surface area (Å²) >= 11 is 0. The lowest BCUT2D eigenvalue weighted by Gasteiger charge is -2.12. The molecule has 1 unspecified atom stereocenters. The maximum atomic E-state index is 10.9. The second-order valence-corrected chi connectivity index (χ2v) is 4.99. The van der Waals surface area contributed by atoms with Crippen molar-refractivity contribution in [3.05, 3.63) is 33.9 Å². The Morgan fingerprint density at radius 1 is 1.58 bits per heavy atom. The lowest BCUT2D eigenvalue weighted by Crippen LogP contribution is -2.13. The number of nitrogens with one attached hydrogen (secondary N) is 1. The highest BCUT2D eigenvalue weighted by Crippen LogP contribution is 2.36. The summed E-state index contributed by atoms with van der Waals surface area (Å²) in [5, 5.41) is 22.9. The van der Waals surface area contributed by atoms with Crippen LogP contribution in [0.25, 0.3) is 0 Å². The first-order chi connectivity index (χ1) is 8.99. The molecule has 0 bridgehead atoms. The number of hydrogen-bond acceptors (Lipinski definition) is 4. The molecule has 0 spiro atoms. The molecule has 0 amide bonds. The van der Waals surface area contributed by atoms with E-state index in [-0.39, 0.29) is 11.3 Å². The Morgan fingerprint density at radius 2 is 2.26 bits per heavy atom. The summed E-state index contributed by atoms with van der Waals surface area (Å²) in [6, 6.07) is 4.11. The third kappa shape index (κ3) is 3.21. The van der Waals surface area contributed by atoms with Crippen LogP contribution in [0, 0.1) is 22.0 Å². The van der Waals surface area contributed by atoms with Crippen molar-refractivity contribution in [3.63, 3.8) is 0 Å². The molecule has 1 aromatic carbocycles. The largest absolute Gasteiger partial charge is 0.477 e. The van der Waals surface area contributed by atoms with Crippen LogP contribution in [0.1, 0.15) is 30.1 Å². The molecular formula is C13H16N2O4. The van der Waals surface area contributed by atoms with Crippen LogP contribution >= 0.6 is 0 Å². The second-order valence-electron chi connectivity index (χ2n) is 4.99. The molecule has 1 fully saturated rings. The van der Waals surface area contributed by atoms with Gasteiger partial charge in [0, 0.05) is 18.3 Å². The molecule has 1 aliphatic carbocycles. The Kier molecular flexibility index (Phi) is 3.69. The van der Waals surface area contributed by atoms with Crippen LogP contribution < -0.4 is 5.32 Å². The van der Waals surface area contributed by atoms with E-state index in [0.717, 1.165) is 12.5 Å². The predicted molar refractivity (Wildman–Crippen MR) is 70.4 cm³/mol. The predicted octanol–water partition coefficient (Wildman–Crippen LogP) is 2.75. The highest BCUT2D eigenvalue weighted by molar-refractivity contribution is 5.93. The zero-order valence-electron chi connectivity index (χ0n) is 10.6. The Balaban J connectivity index is 2.11. The first-order valence-corrected chi connectivity index (χ1v) is 6.24. The number of nitro benzene ring substituents is 1. The number of carbonyl (C=O) groups is 1. The van der Waals surface area contributed by atoms with Crippen LogP contribution in [-0.4, -0.2) is 22.5 Å². The van der Waals surface area contributed by atoms with Gasteiger partial charge >= 0.3 is 5.97 Å². The van der Waals surface area contributed by atoms with Gasteiger partial charge < -0.3 is 10.4 Å². The first kappa shape index (κ1) is 13.3. The second kappa shape index (κ2) is 5.26. The number of anilines is 1. The molecule has 0 aromatic heterocycles. The fourth-order valence-electron chi connectivity index (χ4n) is 2.08. The molecule has 0 aliphatic heterocycles. The number of aromatic carboxylic acids is 1. The zero-order valence-corrected chi connectivity index (χ0v) is 10.6. The molecule has 6 heteroatoms. The normalized spacial score (nSPS) is 15.8. The Hall–Kier alpha value is -2.11. The van der Waals surface area contributed by atoms with Crippen molar-refractivity contribution in [2.45, 2.75) is 19.8 Å². The maximum Gasteiger partial charge on any atom is 0.342 e. The van der Waals surface area contributed by atoms with E-state index in [0.29, 0.717) is 11.6 Å². The minimum Gasteiger partial charge on any atom is -0.477 e. The zero-order chi connectivity index (χ0) is 14.0. The van der Waals surface area contributed by atoms with E-state index in [1.54, 1.807) is 6.07 Å². The van der Waals surface area contributed by atoms with E-state index in [1.165, 1.54) is 25.0 Å². The van der Waals surface area contributed by atoms with Crippen LogP contribution in [0.4, 0.5) is 11.4 Å². The highest BCUT2D eigenvalue weighted by atomic mass is 16.6. The minimum absolute atomic E-state index is 0.286. The van der Waals surface area contributed by atoms with Gasteiger partial charge in [-0.1, -0.05) is 6.92 Å². The molecule has 102 valence electrons. The number of carboxylic acids is 1. The molecule has 1 atom stereocenters. The number of hydrogen-bond donors (Lipinski definition) is 2. The lowest BCUT2D eigenvalue weighted by molar-refractivity contribution is -0.385. The quantitative estimate of drug-likeness (QED) is 0.608. The lowest BCUT2D eigenvalue weighted by atomic mass is 10.1. The van der Waals surface area contributed by atoms with Gasteiger partial charge in [0.25, 0.3) is 5.69 Å². The molecule has 0 saturated heterocycles. The van der Waals surface area contributed by atoms with Crippen LogP contribution in [0.3, 0.4) is 0 Å². The molecule has 6 nitrogen and oxygen atoms in total. The van der Waals surface area contributed by atoms with Crippen molar-refractivity contribution in [2.75, 3.05) is 11.9 Å². The summed E-state index contributed by atoms with van der Waals surface area (Å²) in [5.74, 6) is -0.0106. The van der Waals surface area contributed by atoms with Crippen molar-refractivity contribution < 1.29 is 14.8 Å². The Bertz CT molecular complexity index is 511. The standard InChI is InChI=1S/C13H16N2O4/c1-8(9-2-3-9)7-14-10-4-5-11(13(16)17)12(6-10)15(18)19/h4-6,8-9,14H,2-3,7H2,1H3,(H,16,17). The first-order valence-electron chi connectivity index (χ1n) is 6.24. The summed E-state index contributed by atoms with van der Waals surface area (Å²) in [6.07, 6.45) is 2.50. The van der Waals surface area contributed by atoms with E-state index in [2.05, 4.69) is 12.2 Å². The van der Waals surface area contributed by atoms with Gasteiger partial charge in [-0.3, -0.25) is 10.1 Å². The number of nitro groups is 1. The summed E-state index contributed by atoms with van der Waals surface area (Å²) in [4.78, 5) is 21.1. The summed E-state index contributed by atoms with van der Waals surface area (Å²) in [7, 11) is 0. The van der Waals surface area contributed by atoms with Gasteiger partial charge in [0.15, 0.2) is 0 Å². The van der Waals surface area contributed by atoms with Gasteiger partial charge in [-0.25, -0.2) is 4.79 Å². The summed E-state index contributed by atoms with van der Waals surface area (Å²) < 4.78 is 0. The van der Waals surface area contributed by atoms with Gasteiger partial charge in [0.2, 0.25) is 0 Å². The molecule has 1 aliphatic rings. The molecule has 0 radical (unpaired) electrons. The van der Waals surface area contributed by atoms with Crippen molar-refractivity contribution in [1.82, 2.24) is 0 Å². The van der Waals surface area contributed by atoms with E-state index in [4.69, 9.17) is 5.11 Å². The van der Waals surface area contributed by atoms with Crippen LogP contribution in [0.5, 0.6) is 0 Å². The molecule has 2 rings (SSSR count). The number of rotatable bonds is 6. The molecule has 0 heterocycles. The number of benzene rings is 1. The third-order valence-corrected chi connectivity index (χ3v) is 3.48. The van der Waals surface area contributed by atoms with Gasteiger partial charge in [0.05, 0.1) is 4.92 Å². The van der Waals surface area contributed by atoms with Crippen LogP contribution in [0.15, 0.2) is 18.2 Å². The molecule has 1 saturated carbocycles. The van der Waals surface area contributed by atoms with Gasteiger partial charge in [-0.2, -0.15) is 0 Å². The van der Waals surface area contributed by atoms with Crippen molar-refractivity contribution in [1.29, 1.82) is 0 Å². The van der Waals surface area contributed by atoms with Crippen molar-refractivity contribution >= 4 is 17.3 Å². The van der Waals surface area contributed by atoms with Crippen molar-refractivity contribution in [2.24, 2.45) is 11.8 Å². The number of carboxylic acid groups (broad SMARTS) is 1. The maximum absolute atomic E-state index is 10.9. The fraction of sp³-hybridized carbons (Fsp3) is 0.462. The van der Waals surface area contributed by atoms with E-state index >= 15 is 0 Å². The molecule has 2 N–H and O–H groups in total. The fourth-order valence-corrected chi connectivity index (χ4v) is 2.08. The smallest absolute Gasteiger partial charge is 0.342 e. The summed E-state index contributed by atoms with van der Waals surface area (Å²) in [6.45, 7) is 2.89. The van der Waals surface area contributed by atoms with Crippen LogP contribution in [0.2, 0.25) is 0 Å². The summed E-state index contributed by atoms with van der Waals surface area (Å²) in [5.41, 5.74) is -0.0773. The molecule has 19 heavy (non-hydrogen) atoms. The highest BCUT2D eigenvalue weighted by Gasteiger charge is 2.27. The van der Waals surface area contributed by atoms with Gasteiger partial charge in [-0.05, 0) is 36.8 Å². The topological polar surface area (TPSA) is 92.5 Å². The number of nitrogens with zero attached hydrogens (tertiary/aromatic N) is 1. The SMILES string of the molecule is CC(CNc1ccc(C(=O)O)c([N+](=O)[O-])c1)C1CC1. The van der Waals surface area contributed by atoms with Crippen molar-refractivity contribution in [3.8, 4) is 0 Å². The van der Waals surface area contributed by atoms with Crippen LogP contribution in [-0.2, 0) is 0 Å². The van der Waals surface area contributed by atoms with E-state index in [9.17, 15) is 14.9 Å². The molecule has 1 aromatic rings. The monoisotopic (exact) mass is 264 g/mol. The molecular weight excluding hydrogens is 248 g/mol.